The lowest BCUT2D eigenvalue weighted by Gasteiger charge is -2.13. The Kier molecular flexibility index (Phi) is 8.22. The quantitative estimate of drug-likeness (QED) is 0.441. The van der Waals surface area contributed by atoms with Gasteiger partial charge in [-0.05, 0) is 31.2 Å². The molecule has 0 saturated heterocycles. The minimum Gasteiger partial charge on any atom is -0.461 e. The van der Waals surface area contributed by atoms with Gasteiger partial charge in [-0.1, -0.05) is 24.0 Å². The molecule has 168 valence electrons. The number of amides is 1. The number of hydrogen-bond donors (Lipinski definition) is 1. The predicted octanol–water partition coefficient (Wildman–Crippen LogP) is 2.57. The minimum absolute atomic E-state index is 0.0497. The molecule has 0 bridgehead atoms. The summed E-state index contributed by atoms with van der Waals surface area (Å²) in [6.07, 6.45) is 4.82. The smallest absolute Gasteiger partial charge is 0.356 e. The number of aromatic nitrogens is 3. The van der Waals surface area contributed by atoms with Gasteiger partial charge in [-0.15, -0.1) is 0 Å². The van der Waals surface area contributed by atoms with Gasteiger partial charge in [-0.2, -0.15) is 0 Å². The van der Waals surface area contributed by atoms with Crippen molar-refractivity contribution >= 4 is 11.9 Å². The summed E-state index contributed by atoms with van der Waals surface area (Å²) in [5.74, 6) is 5.17. The Morgan fingerprint density at radius 3 is 2.70 bits per heavy atom. The Morgan fingerprint density at radius 1 is 1.12 bits per heavy atom. The van der Waals surface area contributed by atoms with Crippen LogP contribution < -0.4 is 0 Å². The van der Waals surface area contributed by atoms with E-state index in [-0.39, 0.29) is 37.8 Å². The molecule has 0 aliphatic rings. The summed E-state index contributed by atoms with van der Waals surface area (Å²) < 4.78 is 5.13. The summed E-state index contributed by atoms with van der Waals surface area (Å²) in [7, 11) is 1.62. The van der Waals surface area contributed by atoms with E-state index < -0.39 is 5.97 Å². The summed E-state index contributed by atoms with van der Waals surface area (Å²) in [6, 6.07) is 10.8. The molecule has 0 atom stereocenters. The molecule has 0 spiro atoms. The summed E-state index contributed by atoms with van der Waals surface area (Å²) in [5, 5.41) is 8.93. The molecule has 0 fully saturated rings. The zero-order valence-corrected chi connectivity index (χ0v) is 18.5. The zero-order chi connectivity index (χ0) is 23.6. The van der Waals surface area contributed by atoms with Crippen LogP contribution in [0.15, 0.2) is 55.0 Å². The maximum Gasteiger partial charge on any atom is 0.356 e. The van der Waals surface area contributed by atoms with Gasteiger partial charge in [0.05, 0.1) is 37.2 Å². The lowest BCUT2D eigenvalue weighted by molar-refractivity contribution is -0.129. The highest BCUT2D eigenvalue weighted by Gasteiger charge is 2.14. The number of pyridine rings is 1. The highest BCUT2D eigenvalue weighted by atomic mass is 16.5. The molecule has 1 aromatic carbocycles. The van der Waals surface area contributed by atoms with Crippen molar-refractivity contribution in [3.8, 4) is 34.4 Å². The third-order valence-electron chi connectivity index (χ3n) is 4.66. The van der Waals surface area contributed by atoms with Crippen LogP contribution in [0.3, 0.4) is 0 Å². The van der Waals surface area contributed by atoms with Crippen LogP contribution in [0, 0.1) is 11.8 Å². The van der Waals surface area contributed by atoms with Gasteiger partial charge in [0.15, 0.2) is 0 Å². The molecule has 0 aliphatic heterocycles. The zero-order valence-electron chi connectivity index (χ0n) is 18.5. The van der Waals surface area contributed by atoms with Gasteiger partial charge in [-0.25, -0.2) is 9.78 Å². The third-order valence-corrected chi connectivity index (χ3v) is 4.66. The first kappa shape index (κ1) is 23.6. The average Bonchev–Trinajstić information content (AvgIpc) is 2.84. The second kappa shape index (κ2) is 11.5. The Hall–Kier alpha value is -4.09. The maximum absolute atomic E-state index is 12.4. The van der Waals surface area contributed by atoms with Gasteiger partial charge in [0.2, 0.25) is 5.91 Å². The molecule has 0 unspecified atom stereocenters. The van der Waals surface area contributed by atoms with Crippen molar-refractivity contribution in [3.63, 3.8) is 0 Å². The molecular formula is C25H24N4O4. The number of carbonyl (C=O) groups excluding carboxylic acids is 2. The maximum atomic E-state index is 12.4. The Morgan fingerprint density at radius 2 is 1.97 bits per heavy atom. The van der Waals surface area contributed by atoms with Crippen LogP contribution in [0.1, 0.15) is 29.4 Å². The number of aliphatic hydroxyl groups excluding tert-OH is 1. The van der Waals surface area contributed by atoms with Crippen LogP contribution in [0.5, 0.6) is 0 Å². The number of carbonyl (C=O) groups is 2. The average molecular weight is 444 g/mol. The standard InChI is InChI=1S/C25H24N4O4/c1-3-33-25(32)22-16-20(23-17-26-10-11-27-23)15-21(28-22)19-8-4-6-18(14-19)7-5-9-24(31)29(2)12-13-30/h4,6,8,10-11,14-17,30H,3,9,12-13H2,1-2H3. The lowest BCUT2D eigenvalue weighted by atomic mass is 10.0. The van der Waals surface area contributed by atoms with Crippen LogP contribution in [0.25, 0.3) is 22.5 Å². The SMILES string of the molecule is CCOC(=O)c1cc(-c2cnccn2)cc(-c2cccc(C#CCC(=O)N(C)CCO)c2)n1. The largest absolute Gasteiger partial charge is 0.461 e. The summed E-state index contributed by atoms with van der Waals surface area (Å²) in [4.78, 5) is 38.7. The molecule has 8 nitrogen and oxygen atoms in total. The van der Waals surface area contributed by atoms with Gasteiger partial charge in [-0.3, -0.25) is 14.8 Å². The number of hydrogen-bond acceptors (Lipinski definition) is 7. The van der Waals surface area contributed by atoms with E-state index in [1.165, 1.54) is 4.90 Å². The molecule has 1 N–H and O–H groups in total. The van der Waals surface area contributed by atoms with E-state index in [9.17, 15) is 9.59 Å². The van der Waals surface area contributed by atoms with E-state index >= 15 is 0 Å². The van der Waals surface area contributed by atoms with Gasteiger partial charge in [0, 0.05) is 42.7 Å². The molecule has 2 heterocycles. The predicted molar refractivity (Wildman–Crippen MR) is 123 cm³/mol. The van der Waals surface area contributed by atoms with E-state index in [0.29, 0.717) is 22.5 Å². The topological polar surface area (TPSA) is 106 Å². The van der Waals surface area contributed by atoms with Gasteiger partial charge in [0.25, 0.3) is 0 Å². The second-order valence-corrected chi connectivity index (χ2v) is 7.04. The summed E-state index contributed by atoms with van der Waals surface area (Å²) >= 11 is 0. The number of nitrogens with zero attached hydrogens (tertiary/aromatic N) is 4. The molecule has 2 aromatic heterocycles. The summed E-state index contributed by atoms with van der Waals surface area (Å²) in [6.45, 7) is 2.15. The van der Waals surface area contributed by atoms with Crippen LogP contribution in [0.2, 0.25) is 0 Å². The molecule has 0 aliphatic carbocycles. The fourth-order valence-electron chi connectivity index (χ4n) is 2.97. The number of rotatable bonds is 7. The normalized spacial score (nSPS) is 10.2. The van der Waals surface area contributed by atoms with E-state index in [2.05, 4.69) is 26.8 Å². The van der Waals surface area contributed by atoms with Crippen LogP contribution in [-0.4, -0.2) is 63.6 Å². The third kappa shape index (κ3) is 6.45. The first-order chi connectivity index (χ1) is 16.0. The molecule has 8 heteroatoms. The fraction of sp³-hybridized carbons (Fsp3) is 0.240. The van der Waals surface area contributed by atoms with Crippen molar-refractivity contribution in [2.24, 2.45) is 0 Å². The molecule has 1 amide bonds. The first-order valence-corrected chi connectivity index (χ1v) is 10.4. The Bertz CT molecular complexity index is 1190. The molecular weight excluding hydrogens is 420 g/mol. The molecule has 3 rings (SSSR count). The summed E-state index contributed by atoms with van der Waals surface area (Å²) in [5.41, 5.74) is 3.47. The van der Waals surface area contributed by atoms with Crippen LogP contribution in [-0.2, 0) is 9.53 Å². The Labute approximate surface area is 192 Å². The molecule has 0 saturated carbocycles. The van der Waals surface area contributed by atoms with Crippen molar-refractivity contribution < 1.29 is 19.4 Å². The van der Waals surface area contributed by atoms with Crippen molar-refractivity contribution in [2.75, 3.05) is 26.8 Å². The van der Waals surface area contributed by atoms with E-state index in [0.717, 1.165) is 5.56 Å². The van der Waals surface area contributed by atoms with Crippen LogP contribution in [0.4, 0.5) is 0 Å². The van der Waals surface area contributed by atoms with Crippen molar-refractivity contribution in [3.05, 3.63) is 66.2 Å². The van der Waals surface area contributed by atoms with Crippen molar-refractivity contribution in [1.82, 2.24) is 19.9 Å². The fourth-order valence-corrected chi connectivity index (χ4v) is 2.97. The number of ether oxygens (including phenoxy) is 1. The number of likely N-dealkylation sites (N-methyl/N-ethyl adjacent to an activating group) is 1. The number of esters is 1. The molecule has 3 aromatic rings. The van der Waals surface area contributed by atoms with E-state index in [4.69, 9.17) is 9.84 Å². The number of aliphatic hydroxyl groups is 1. The van der Waals surface area contributed by atoms with Crippen LogP contribution >= 0.6 is 0 Å². The lowest BCUT2D eigenvalue weighted by Crippen LogP contribution is -2.28. The number of benzene rings is 1. The Balaban J connectivity index is 1.93. The van der Waals surface area contributed by atoms with Gasteiger partial charge in [0.1, 0.15) is 5.69 Å². The molecule has 33 heavy (non-hydrogen) atoms. The van der Waals surface area contributed by atoms with E-state index in [1.807, 2.05) is 30.3 Å². The van der Waals surface area contributed by atoms with Crippen molar-refractivity contribution in [1.29, 1.82) is 0 Å². The van der Waals surface area contributed by atoms with Crippen molar-refractivity contribution in [2.45, 2.75) is 13.3 Å². The first-order valence-electron chi connectivity index (χ1n) is 10.4. The minimum atomic E-state index is -0.522. The highest BCUT2D eigenvalue weighted by Crippen LogP contribution is 2.25. The monoisotopic (exact) mass is 444 g/mol. The van der Waals surface area contributed by atoms with E-state index in [1.54, 1.807) is 38.6 Å². The van der Waals surface area contributed by atoms with Gasteiger partial charge >= 0.3 is 5.97 Å². The highest BCUT2D eigenvalue weighted by molar-refractivity contribution is 5.90. The second-order valence-electron chi connectivity index (χ2n) is 7.04. The molecule has 0 radical (unpaired) electrons. The van der Waals surface area contributed by atoms with Gasteiger partial charge < -0.3 is 14.7 Å².